The number of primary sulfonamides is 1. The van der Waals surface area contributed by atoms with Gasteiger partial charge in [0.05, 0.1) is 5.75 Å². The Morgan fingerprint density at radius 1 is 1.24 bits per heavy atom. The lowest BCUT2D eigenvalue weighted by atomic mass is 9.97. The van der Waals surface area contributed by atoms with Crippen LogP contribution in [0.2, 0.25) is 0 Å². The summed E-state index contributed by atoms with van der Waals surface area (Å²) in [5.41, 5.74) is -1.21. The van der Waals surface area contributed by atoms with Crippen molar-refractivity contribution in [1.82, 2.24) is 5.32 Å². The van der Waals surface area contributed by atoms with Gasteiger partial charge in [-0.3, -0.25) is 0 Å². The topological polar surface area (TPSA) is 98.5 Å². The molecule has 0 atom stereocenters. The lowest BCUT2D eigenvalue weighted by molar-refractivity contribution is 0.0510. The van der Waals surface area contributed by atoms with E-state index in [1.807, 2.05) is 0 Å². The van der Waals surface area contributed by atoms with E-state index in [1.54, 1.807) is 34.6 Å². The Balaban J connectivity index is 4.24. The largest absolute Gasteiger partial charge is 0.444 e. The minimum atomic E-state index is -3.56. The van der Waals surface area contributed by atoms with Gasteiger partial charge in [0.1, 0.15) is 5.60 Å². The van der Waals surface area contributed by atoms with Crippen molar-refractivity contribution in [2.75, 3.05) is 12.3 Å². The summed E-state index contributed by atoms with van der Waals surface area (Å²) >= 11 is 0. The van der Waals surface area contributed by atoms with Crippen molar-refractivity contribution in [2.45, 2.75) is 40.2 Å². The van der Waals surface area contributed by atoms with Gasteiger partial charge < -0.3 is 10.1 Å². The molecule has 7 heteroatoms. The third-order valence-electron chi connectivity index (χ3n) is 1.70. The summed E-state index contributed by atoms with van der Waals surface area (Å²) in [5.74, 6) is -0.199. The highest BCUT2D eigenvalue weighted by molar-refractivity contribution is 7.89. The second-order valence-corrected chi connectivity index (χ2v) is 7.44. The molecule has 0 saturated heterocycles. The molecular weight excluding hydrogens is 244 g/mol. The third-order valence-corrected chi connectivity index (χ3v) is 2.89. The highest BCUT2D eigenvalue weighted by atomic mass is 32.2. The van der Waals surface area contributed by atoms with E-state index in [4.69, 9.17) is 9.88 Å². The lowest BCUT2D eigenvalue weighted by Crippen LogP contribution is -2.41. The Hall–Kier alpha value is -0.820. The highest BCUT2D eigenvalue weighted by Gasteiger charge is 2.25. The van der Waals surface area contributed by atoms with E-state index < -0.39 is 27.1 Å². The maximum atomic E-state index is 11.4. The number of carbonyl (C=O) groups excluding carboxylic acids is 1. The number of carbonyl (C=O) groups is 1. The van der Waals surface area contributed by atoms with Crippen molar-refractivity contribution in [3.63, 3.8) is 0 Å². The quantitative estimate of drug-likeness (QED) is 0.787. The molecule has 0 aromatic carbocycles. The zero-order valence-corrected chi connectivity index (χ0v) is 11.8. The van der Waals surface area contributed by atoms with Crippen LogP contribution in [0.1, 0.15) is 34.6 Å². The monoisotopic (exact) mass is 266 g/mol. The molecule has 0 heterocycles. The summed E-state index contributed by atoms with van der Waals surface area (Å²) in [6.07, 6.45) is -0.569. The van der Waals surface area contributed by atoms with Crippen LogP contribution in [-0.4, -0.2) is 32.4 Å². The van der Waals surface area contributed by atoms with E-state index in [0.29, 0.717) is 0 Å². The molecule has 0 rings (SSSR count). The third kappa shape index (κ3) is 10.1. The fourth-order valence-corrected chi connectivity index (χ4v) is 2.41. The van der Waals surface area contributed by atoms with Crippen LogP contribution < -0.4 is 10.5 Å². The fourth-order valence-electron chi connectivity index (χ4n) is 1.22. The molecule has 0 saturated carbocycles. The van der Waals surface area contributed by atoms with E-state index >= 15 is 0 Å². The van der Waals surface area contributed by atoms with Gasteiger partial charge in [0.2, 0.25) is 10.0 Å². The van der Waals surface area contributed by atoms with Crippen LogP contribution in [0, 0.1) is 5.41 Å². The van der Waals surface area contributed by atoms with Gasteiger partial charge in [-0.25, -0.2) is 18.4 Å². The zero-order valence-electron chi connectivity index (χ0n) is 11.0. The molecule has 17 heavy (non-hydrogen) atoms. The van der Waals surface area contributed by atoms with Crippen LogP contribution in [0.25, 0.3) is 0 Å². The molecule has 6 nitrogen and oxygen atoms in total. The highest BCUT2D eigenvalue weighted by Crippen LogP contribution is 2.15. The zero-order chi connectivity index (χ0) is 13.9. The second kappa shape index (κ2) is 5.22. The lowest BCUT2D eigenvalue weighted by Gasteiger charge is -2.25. The predicted molar refractivity (Wildman–Crippen MR) is 66.0 cm³/mol. The number of amides is 1. The van der Waals surface area contributed by atoms with Crippen LogP contribution in [-0.2, 0) is 14.8 Å². The first-order valence-corrected chi connectivity index (χ1v) is 7.00. The van der Waals surface area contributed by atoms with E-state index in [2.05, 4.69) is 5.32 Å². The first-order valence-electron chi connectivity index (χ1n) is 5.28. The van der Waals surface area contributed by atoms with Gasteiger partial charge in [-0.15, -0.1) is 0 Å². The second-order valence-electron chi connectivity index (χ2n) is 5.83. The Kier molecular flexibility index (Phi) is 4.97. The number of rotatable bonds is 4. The molecule has 102 valence electrons. The summed E-state index contributed by atoms with van der Waals surface area (Å²) in [7, 11) is -3.56. The van der Waals surface area contributed by atoms with E-state index in [9.17, 15) is 13.2 Å². The number of nitrogens with two attached hydrogens (primary N) is 1. The summed E-state index contributed by atoms with van der Waals surface area (Å²) in [6.45, 7) is 8.84. The number of alkyl carbamates (subject to hydrolysis) is 1. The molecule has 0 aliphatic rings. The Bertz CT molecular complexity index is 368. The Labute approximate surface area is 103 Å². The van der Waals surface area contributed by atoms with E-state index in [0.717, 1.165) is 0 Å². The standard InChI is InChI=1S/C10H22N2O4S/c1-9(2,3)16-8(13)12-6-10(4,5)7-17(11,14)15/h6-7H2,1-5H3,(H,12,13)(H2,11,14,15). The molecule has 0 fully saturated rings. The van der Waals surface area contributed by atoms with Crippen molar-refractivity contribution in [1.29, 1.82) is 0 Å². The van der Waals surface area contributed by atoms with Crippen LogP contribution >= 0.6 is 0 Å². The van der Waals surface area contributed by atoms with Crippen molar-refractivity contribution in [3.8, 4) is 0 Å². The fraction of sp³-hybridized carbons (Fsp3) is 0.900. The van der Waals surface area contributed by atoms with E-state index in [-0.39, 0.29) is 12.3 Å². The molecule has 0 spiro atoms. The summed E-state index contributed by atoms with van der Waals surface area (Å²) in [4.78, 5) is 11.4. The van der Waals surface area contributed by atoms with Crippen LogP contribution in [0.5, 0.6) is 0 Å². The smallest absolute Gasteiger partial charge is 0.407 e. The van der Waals surface area contributed by atoms with Gasteiger partial charge in [0.25, 0.3) is 0 Å². The predicted octanol–water partition coefficient (Wildman–Crippen LogP) is 0.826. The van der Waals surface area contributed by atoms with Crippen molar-refractivity contribution < 1.29 is 17.9 Å². The first-order chi connectivity index (χ1) is 7.31. The normalized spacial score (nSPS) is 13.3. The van der Waals surface area contributed by atoms with Crippen molar-refractivity contribution in [3.05, 3.63) is 0 Å². The van der Waals surface area contributed by atoms with Crippen molar-refractivity contribution >= 4 is 16.1 Å². The van der Waals surface area contributed by atoms with Crippen molar-refractivity contribution in [2.24, 2.45) is 10.6 Å². The molecule has 1 amide bonds. The number of nitrogens with one attached hydrogen (secondary N) is 1. The number of hydrogen-bond acceptors (Lipinski definition) is 4. The molecule has 0 aromatic rings. The molecular formula is C10H22N2O4S. The maximum absolute atomic E-state index is 11.4. The summed E-state index contributed by atoms with van der Waals surface area (Å²) in [6, 6.07) is 0. The minimum Gasteiger partial charge on any atom is -0.444 e. The number of sulfonamides is 1. The minimum absolute atomic E-state index is 0.179. The van der Waals surface area contributed by atoms with Crippen LogP contribution in [0.4, 0.5) is 4.79 Å². The number of ether oxygens (including phenoxy) is 1. The molecule has 0 radical (unpaired) electrons. The maximum Gasteiger partial charge on any atom is 0.407 e. The molecule has 0 bridgehead atoms. The SMILES string of the molecule is CC(C)(CNC(=O)OC(C)(C)C)CS(N)(=O)=O. The van der Waals surface area contributed by atoms with Gasteiger partial charge in [-0.2, -0.15) is 0 Å². The summed E-state index contributed by atoms with van der Waals surface area (Å²) in [5, 5.41) is 7.48. The average molecular weight is 266 g/mol. The number of hydrogen-bond donors (Lipinski definition) is 2. The first kappa shape index (κ1) is 16.2. The molecule has 0 aliphatic carbocycles. The van der Waals surface area contributed by atoms with Crippen LogP contribution in [0.15, 0.2) is 0 Å². The molecule has 3 N–H and O–H groups in total. The molecule has 0 aliphatic heterocycles. The van der Waals surface area contributed by atoms with Crippen LogP contribution in [0.3, 0.4) is 0 Å². The molecule has 0 unspecified atom stereocenters. The van der Waals surface area contributed by atoms with Gasteiger partial charge in [0.15, 0.2) is 0 Å². The average Bonchev–Trinajstić information content (AvgIpc) is 1.92. The van der Waals surface area contributed by atoms with E-state index in [1.165, 1.54) is 0 Å². The van der Waals surface area contributed by atoms with Gasteiger partial charge in [0, 0.05) is 6.54 Å². The summed E-state index contributed by atoms with van der Waals surface area (Å²) < 4.78 is 26.9. The van der Waals surface area contributed by atoms with Gasteiger partial charge in [-0.1, -0.05) is 13.8 Å². The van der Waals surface area contributed by atoms with Gasteiger partial charge in [-0.05, 0) is 26.2 Å². The molecule has 0 aromatic heterocycles. The Morgan fingerprint density at radius 2 is 1.71 bits per heavy atom. The Morgan fingerprint density at radius 3 is 2.06 bits per heavy atom. The van der Waals surface area contributed by atoms with Gasteiger partial charge >= 0.3 is 6.09 Å².